The van der Waals surface area contributed by atoms with Gasteiger partial charge in [0.15, 0.2) is 0 Å². The van der Waals surface area contributed by atoms with Gasteiger partial charge in [-0.1, -0.05) is 84.3 Å². The molecule has 0 amide bonds. The fourth-order valence-electron chi connectivity index (χ4n) is 2.91. The Hall–Kier alpha value is -1.32. The molecule has 4 heteroatoms. The second kappa shape index (κ2) is 19.0. The van der Waals surface area contributed by atoms with Crippen LogP contribution in [0.2, 0.25) is 0 Å². The highest BCUT2D eigenvalue weighted by Crippen LogP contribution is 2.11. The maximum absolute atomic E-state index is 11.7. The van der Waals surface area contributed by atoms with E-state index in [0.717, 1.165) is 25.7 Å². The third-order valence-corrected chi connectivity index (χ3v) is 4.69. The second-order valence-corrected chi connectivity index (χ2v) is 7.98. The molecule has 4 nitrogen and oxygen atoms in total. The normalized spacial score (nSPS) is 12.5. The number of carbonyl (C=O) groups excluding carboxylic acids is 2. The molecule has 0 saturated heterocycles. The van der Waals surface area contributed by atoms with Crippen molar-refractivity contribution < 1.29 is 19.1 Å². The molecule has 0 aromatic heterocycles. The molecule has 0 N–H and O–H groups in total. The molecule has 1 unspecified atom stereocenters. The lowest BCUT2D eigenvalue weighted by atomic mass is 10.1. The van der Waals surface area contributed by atoms with Crippen molar-refractivity contribution in [1.82, 2.24) is 0 Å². The minimum atomic E-state index is -0.800. The van der Waals surface area contributed by atoms with E-state index in [0.29, 0.717) is 6.42 Å². The number of hydrogen-bond donors (Lipinski definition) is 0. The smallest absolute Gasteiger partial charge is 0.311 e. The topological polar surface area (TPSA) is 52.6 Å². The molecule has 0 spiro atoms. The lowest BCUT2D eigenvalue weighted by Gasteiger charge is -2.15. The molecule has 28 heavy (non-hydrogen) atoms. The van der Waals surface area contributed by atoms with E-state index < -0.39 is 6.29 Å². The van der Waals surface area contributed by atoms with E-state index in [1.807, 2.05) is 0 Å². The molecule has 0 aromatic carbocycles. The van der Waals surface area contributed by atoms with Gasteiger partial charge in [-0.3, -0.25) is 9.59 Å². The van der Waals surface area contributed by atoms with E-state index in [-0.39, 0.29) is 17.9 Å². The van der Waals surface area contributed by atoms with Gasteiger partial charge in [-0.25, -0.2) is 0 Å². The second-order valence-electron chi connectivity index (χ2n) is 7.98. The van der Waals surface area contributed by atoms with Crippen LogP contribution in [-0.2, 0) is 19.1 Å². The quantitative estimate of drug-likeness (QED) is 0.107. The molecular formula is C24H44O4. The van der Waals surface area contributed by atoms with Crippen LogP contribution in [0, 0.1) is 5.92 Å². The SMILES string of the molecule is CCCCCCCC/C=C\CCCCCCCC(=O)OC(C)OC(=O)C(C)C. The zero-order chi connectivity index (χ0) is 21.0. The van der Waals surface area contributed by atoms with Gasteiger partial charge >= 0.3 is 11.9 Å². The van der Waals surface area contributed by atoms with Crippen LogP contribution in [0.5, 0.6) is 0 Å². The molecule has 0 aliphatic heterocycles. The predicted molar refractivity (Wildman–Crippen MR) is 116 cm³/mol. The van der Waals surface area contributed by atoms with Crippen molar-refractivity contribution in [3.05, 3.63) is 12.2 Å². The van der Waals surface area contributed by atoms with Crippen LogP contribution in [0.25, 0.3) is 0 Å². The van der Waals surface area contributed by atoms with Gasteiger partial charge in [-0.05, 0) is 32.1 Å². The number of ether oxygens (including phenoxy) is 2. The van der Waals surface area contributed by atoms with Crippen molar-refractivity contribution in [1.29, 1.82) is 0 Å². The average molecular weight is 397 g/mol. The van der Waals surface area contributed by atoms with Crippen LogP contribution in [0.3, 0.4) is 0 Å². The van der Waals surface area contributed by atoms with Gasteiger partial charge in [0.25, 0.3) is 0 Å². The number of rotatable bonds is 18. The Morgan fingerprint density at radius 2 is 1.21 bits per heavy atom. The molecular weight excluding hydrogens is 352 g/mol. The highest BCUT2D eigenvalue weighted by atomic mass is 16.7. The highest BCUT2D eigenvalue weighted by Gasteiger charge is 2.16. The van der Waals surface area contributed by atoms with E-state index in [4.69, 9.17) is 9.47 Å². The van der Waals surface area contributed by atoms with Crippen LogP contribution in [-0.4, -0.2) is 18.2 Å². The number of unbranched alkanes of at least 4 members (excludes halogenated alkanes) is 11. The van der Waals surface area contributed by atoms with Crippen molar-refractivity contribution in [2.24, 2.45) is 5.92 Å². The molecule has 0 fully saturated rings. The fraction of sp³-hybridized carbons (Fsp3) is 0.833. The van der Waals surface area contributed by atoms with Crippen LogP contribution < -0.4 is 0 Å². The Bertz CT molecular complexity index is 415. The molecule has 0 radical (unpaired) electrons. The van der Waals surface area contributed by atoms with E-state index in [1.54, 1.807) is 20.8 Å². The monoisotopic (exact) mass is 396 g/mol. The summed E-state index contributed by atoms with van der Waals surface area (Å²) in [7, 11) is 0. The standard InChI is InChI=1S/C24H44O4/c1-5-6-7-8-9-10-11-12-13-14-15-16-17-18-19-20-23(25)27-22(4)28-24(26)21(2)3/h12-13,21-22H,5-11,14-20H2,1-4H3/b13-12-. The fourth-order valence-corrected chi connectivity index (χ4v) is 2.91. The molecule has 0 heterocycles. The van der Waals surface area contributed by atoms with Crippen molar-refractivity contribution in [3.8, 4) is 0 Å². The molecule has 0 saturated carbocycles. The Morgan fingerprint density at radius 3 is 1.75 bits per heavy atom. The third kappa shape index (κ3) is 18.1. The zero-order valence-electron chi connectivity index (χ0n) is 18.8. The first-order valence-electron chi connectivity index (χ1n) is 11.5. The molecule has 0 rings (SSSR count). The van der Waals surface area contributed by atoms with Gasteiger partial charge in [-0.15, -0.1) is 0 Å². The van der Waals surface area contributed by atoms with E-state index >= 15 is 0 Å². The summed E-state index contributed by atoms with van der Waals surface area (Å²) in [6.07, 6.45) is 20.2. The summed E-state index contributed by atoms with van der Waals surface area (Å²) >= 11 is 0. The Kier molecular flexibility index (Phi) is 18.1. The van der Waals surface area contributed by atoms with E-state index in [2.05, 4.69) is 19.1 Å². The Labute approximate surface area is 173 Å². The third-order valence-electron chi connectivity index (χ3n) is 4.69. The Balaban J connectivity index is 3.41. The van der Waals surface area contributed by atoms with Crippen molar-refractivity contribution in [2.75, 3.05) is 0 Å². The van der Waals surface area contributed by atoms with E-state index in [9.17, 15) is 9.59 Å². The first-order valence-corrected chi connectivity index (χ1v) is 11.5. The first-order chi connectivity index (χ1) is 13.5. The highest BCUT2D eigenvalue weighted by molar-refractivity contribution is 5.72. The molecule has 1 atom stereocenters. The summed E-state index contributed by atoms with van der Waals surface area (Å²) in [5, 5.41) is 0. The maximum atomic E-state index is 11.7. The number of hydrogen-bond acceptors (Lipinski definition) is 4. The minimum Gasteiger partial charge on any atom is -0.425 e. The van der Waals surface area contributed by atoms with Crippen molar-refractivity contribution in [2.45, 2.75) is 124 Å². The van der Waals surface area contributed by atoms with Crippen LogP contribution in [0.1, 0.15) is 118 Å². The van der Waals surface area contributed by atoms with Crippen molar-refractivity contribution in [3.63, 3.8) is 0 Å². The maximum Gasteiger partial charge on any atom is 0.311 e. The van der Waals surface area contributed by atoms with Crippen LogP contribution >= 0.6 is 0 Å². The lowest BCUT2D eigenvalue weighted by Crippen LogP contribution is -2.24. The first kappa shape index (κ1) is 26.7. The van der Waals surface area contributed by atoms with Gasteiger partial charge in [0, 0.05) is 13.3 Å². The predicted octanol–water partition coefficient (Wildman–Crippen LogP) is 7.11. The molecule has 0 aliphatic carbocycles. The summed E-state index contributed by atoms with van der Waals surface area (Å²) in [4.78, 5) is 23.1. The summed E-state index contributed by atoms with van der Waals surface area (Å²) in [6, 6.07) is 0. The minimum absolute atomic E-state index is 0.216. The number of esters is 2. The van der Waals surface area contributed by atoms with Crippen LogP contribution in [0.4, 0.5) is 0 Å². The van der Waals surface area contributed by atoms with Gasteiger partial charge in [-0.2, -0.15) is 0 Å². The van der Waals surface area contributed by atoms with E-state index in [1.165, 1.54) is 57.8 Å². The number of allylic oxidation sites excluding steroid dienone is 2. The summed E-state index contributed by atoms with van der Waals surface area (Å²) < 4.78 is 10.1. The van der Waals surface area contributed by atoms with Gasteiger partial charge in [0.2, 0.25) is 6.29 Å². The van der Waals surface area contributed by atoms with Gasteiger partial charge in [0.1, 0.15) is 0 Å². The van der Waals surface area contributed by atoms with Gasteiger partial charge in [0.05, 0.1) is 5.92 Å². The Morgan fingerprint density at radius 1 is 0.714 bits per heavy atom. The molecule has 0 aromatic rings. The van der Waals surface area contributed by atoms with Crippen LogP contribution in [0.15, 0.2) is 12.2 Å². The van der Waals surface area contributed by atoms with Crippen molar-refractivity contribution >= 4 is 11.9 Å². The molecule has 0 bridgehead atoms. The molecule has 164 valence electrons. The number of carbonyl (C=O) groups is 2. The summed E-state index contributed by atoms with van der Waals surface area (Å²) in [6.45, 7) is 7.34. The van der Waals surface area contributed by atoms with Gasteiger partial charge < -0.3 is 9.47 Å². The summed E-state index contributed by atoms with van der Waals surface area (Å²) in [5.74, 6) is -0.852. The molecule has 0 aliphatic rings. The summed E-state index contributed by atoms with van der Waals surface area (Å²) in [5.41, 5.74) is 0. The lowest BCUT2D eigenvalue weighted by molar-refractivity contribution is -0.186. The largest absolute Gasteiger partial charge is 0.425 e. The average Bonchev–Trinajstić information content (AvgIpc) is 2.64. The zero-order valence-corrected chi connectivity index (χ0v) is 18.8.